The predicted octanol–water partition coefficient (Wildman–Crippen LogP) is 2.67. The molecule has 0 bridgehead atoms. The first kappa shape index (κ1) is 12.6. The van der Waals surface area contributed by atoms with Gasteiger partial charge in [0.25, 0.3) is 0 Å². The number of guanidine groups is 1. The predicted molar refractivity (Wildman–Crippen MR) is 77.0 cm³/mol. The summed E-state index contributed by atoms with van der Waals surface area (Å²) in [6.45, 7) is 2.18. The SMILES string of the molecule is CCCc1ccc(-c2csc(N=C(N)N)n2)cc1. The van der Waals surface area contributed by atoms with Gasteiger partial charge < -0.3 is 11.5 Å². The molecule has 1 heterocycles. The van der Waals surface area contributed by atoms with Crippen LogP contribution in [0.2, 0.25) is 0 Å². The molecular weight excluding hydrogens is 244 g/mol. The van der Waals surface area contributed by atoms with Gasteiger partial charge in [-0.1, -0.05) is 37.6 Å². The number of hydrogen-bond acceptors (Lipinski definition) is 3. The molecule has 94 valence electrons. The molecule has 0 saturated heterocycles. The average Bonchev–Trinajstić information content (AvgIpc) is 2.78. The van der Waals surface area contributed by atoms with Gasteiger partial charge in [-0.15, -0.1) is 11.3 Å². The second kappa shape index (κ2) is 5.64. The molecule has 0 fully saturated rings. The van der Waals surface area contributed by atoms with Crippen molar-refractivity contribution >= 4 is 22.4 Å². The van der Waals surface area contributed by atoms with Crippen molar-refractivity contribution in [3.05, 3.63) is 35.2 Å². The summed E-state index contributed by atoms with van der Waals surface area (Å²) in [6.07, 6.45) is 2.27. The maximum Gasteiger partial charge on any atom is 0.212 e. The maximum atomic E-state index is 5.32. The molecule has 0 amide bonds. The molecule has 4 nitrogen and oxygen atoms in total. The van der Waals surface area contributed by atoms with Crippen LogP contribution in [-0.2, 0) is 6.42 Å². The molecular formula is C13H16N4S. The highest BCUT2D eigenvalue weighted by molar-refractivity contribution is 7.13. The van der Waals surface area contributed by atoms with E-state index in [0.29, 0.717) is 5.13 Å². The fourth-order valence-electron chi connectivity index (χ4n) is 1.69. The Morgan fingerprint density at radius 2 is 2.00 bits per heavy atom. The minimum atomic E-state index is 0.0363. The van der Waals surface area contributed by atoms with Crippen LogP contribution in [0.5, 0.6) is 0 Å². The minimum absolute atomic E-state index is 0.0363. The van der Waals surface area contributed by atoms with Crippen molar-refractivity contribution in [2.45, 2.75) is 19.8 Å². The van der Waals surface area contributed by atoms with Crippen LogP contribution < -0.4 is 11.5 Å². The third kappa shape index (κ3) is 3.07. The van der Waals surface area contributed by atoms with Crippen molar-refractivity contribution in [2.75, 3.05) is 0 Å². The molecule has 5 heteroatoms. The molecule has 0 aliphatic heterocycles. The first-order valence-corrected chi connectivity index (χ1v) is 6.71. The van der Waals surface area contributed by atoms with Crippen molar-refractivity contribution in [1.82, 2.24) is 4.98 Å². The molecule has 0 unspecified atom stereocenters. The van der Waals surface area contributed by atoms with Gasteiger partial charge in [-0.05, 0) is 12.0 Å². The fourth-order valence-corrected chi connectivity index (χ4v) is 2.40. The monoisotopic (exact) mass is 260 g/mol. The number of rotatable bonds is 4. The van der Waals surface area contributed by atoms with Crippen LogP contribution >= 0.6 is 11.3 Å². The van der Waals surface area contributed by atoms with Gasteiger partial charge in [0.15, 0.2) is 5.96 Å². The van der Waals surface area contributed by atoms with Gasteiger partial charge in [-0.2, -0.15) is 4.99 Å². The van der Waals surface area contributed by atoms with Crippen molar-refractivity contribution < 1.29 is 0 Å². The summed E-state index contributed by atoms with van der Waals surface area (Å²) < 4.78 is 0. The molecule has 1 aromatic carbocycles. The smallest absolute Gasteiger partial charge is 0.212 e. The lowest BCUT2D eigenvalue weighted by Gasteiger charge is -2.00. The molecule has 1 aromatic heterocycles. The molecule has 2 rings (SSSR count). The summed E-state index contributed by atoms with van der Waals surface area (Å²) in [5.41, 5.74) is 14.0. The first-order chi connectivity index (χ1) is 8.69. The van der Waals surface area contributed by atoms with Crippen molar-refractivity contribution in [2.24, 2.45) is 16.5 Å². The average molecular weight is 260 g/mol. The molecule has 0 aliphatic rings. The highest BCUT2D eigenvalue weighted by atomic mass is 32.1. The fraction of sp³-hybridized carbons (Fsp3) is 0.231. The summed E-state index contributed by atoms with van der Waals surface area (Å²) in [6, 6.07) is 8.44. The van der Waals surface area contributed by atoms with Gasteiger partial charge in [-0.25, -0.2) is 4.98 Å². The standard InChI is InChI=1S/C13H16N4S/c1-2-3-9-4-6-10(7-5-9)11-8-18-13(16-11)17-12(14)15/h4-8H,2-3H2,1H3,(H4,14,15,16,17). The number of nitrogens with two attached hydrogens (primary N) is 2. The van der Waals surface area contributed by atoms with E-state index >= 15 is 0 Å². The molecule has 0 atom stereocenters. The summed E-state index contributed by atoms with van der Waals surface area (Å²) in [4.78, 5) is 8.30. The van der Waals surface area contributed by atoms with Crippen LogP contribution in [-0.4, -0.2) is 10.9 Å². The quantitative estimate of drug-likeness (QED) is 0.655. The Balaban J connectivity index is 2.20. The van der Waals surface area contributed by atoms with Gasteiger partial charge >= 0.3 is 0 Å². The lowest BCUT2D eigenvalue weighted by Crippen LogP contribution is -2.21. The Bertz CT molecular complexity index is 538. The molecule has 0 radical (unpaired) electrons. The van der Waals surface area contributed by atoms with Crippen LogP contribution in [0.15, 0.2) is 34.6 Å². The summed E-state index contributed by atoms with van der Waals surface area (Å²) in [5.74, 6) is 0.0363. The van der Waals surface area contributed by atoms with Crippen LogP contribution in [0.25, 0.3) is 11.3 Å². The number of nitrogens with zero attached hydrogens (tertiary/aromatic N) is 2. The zero-order valence-electron chi connectivity index (χ0n) is 10.3. The zero-order chi connectivity index (χ0) is 13.0. The van der Waals surface area contributed by atoms with Crippen LogP contribution in [0.4, 0.5) is 5.13 Å². The maximum absolute atomic E-state index is 5.32. The van der Waals surface area contributed by atoms with Crippen LogP contribution in [0.3, 0.4) is 0 Å². The Morgan fingerprint density at radius 3 is 2.61 bits per heavy atom. The Hall–Kier alpha value is -1.88. The van der Waals surface area contributed by atoms with E-state index in [2.05, 4.69) is 41.2 Å². The van der Waals surface area contributed by atoms with E-state index < -0.39 is 0 Å². The second-order valence-electron chi connectivity index (χ2n) is 4.00. The summed E-state index contributed by atoms with van der Waals surface area (Å²) in [5, 5.41) is 2.54. The number of hydrogen-bond donors (Lipinski definition) is 2. The molecule has 0 saturated carbocycles. The van der Waals surface area contributed by atoms with E-state index in [-0.39, 0.29) is 5.96 Å². The Morgan fingerprint density at radius 1 is 1.28 bits per heavy atom. The van der Waals surface area contributed by atoms with Gasteiger partial charge in [0.2, 0.25) is 5.13 Å². The molecule has 0 aliphatic carbocycles. The lowest BCUT2D eigenvalue weighted by molar-refractivity contribution is 0.922. The van der Waals surface area contributed by atoms with Crippen LogP contribution in [0.1, 0.15) is 18.9 Å². The summed E-state index contributed by atoms with van der Waals surface area (Å²) >= 11 is 1.43. The zero-order valence-corrected chi connectivity index (χ0v) is 11.1. The van der Waals surface area contributed by atoms with Crippen molar-refractivity contribution in [3.8, 4) is 11.3 Å². The van der Waals surface area contributed by atoms with E-state index in [4.69, 9.17) is 11.5 Å². The topological polar surface area (TPSA) is 77.3 Å². The number of aryl methyl sites for hydroxylation is 1. The van der Waals surface area contributed by atoms with E-state index in [1.807, 2.05) is 5.38 Å². The van der Waals surface area contributed by atoms with E-state index in [1.54, 1.807) is 0 Å². The van der Waals surface area contributed by atoms with Gasteiger partial charge in [0.05, 0.1) is 5.69 Å². The molecule has 0 spiro atoms. The minimum Gasteiger partial charge on any atom is -0.370 e. The lowest BCUT2D eigenvalue weighted by atomic mass is 10.1. The highest BCUT2D eigenvalue weighted by Gasteiger charge is 2.04. The summed E-state index contributed by atoms with van der Waals surface area (Å²) in [7, 11) is 0. The highest BCUT2D eigenvalue weighted by Crippen LogP contribution is 2.26. The van der Waals surface area contributed by atoms with Crippen molar-refractivity contribution in [1.29, 1.82) is 0 Å². The molecule has 4 N–H and O–H groups in total. The normalized spacial score (nSPS) is 10.3. The van der Waals surface area contributed by atoms with E-state index in [1.165, 1.54) is 16.9 Å². The second-order valence-corrected chi connectivity index (χ2v) is 4.84. The van der Waals surface area contributed by atoms with E-state index in [0.717, 1.165) is 24.1 Å². The van der Waals surface area contributed by atoms with Gasteiger partial charge in [0.1, 0.15) is 0 Å². The molecule has 2 aromatic rings. The third-order valence-electron chi connectivity index (χ3n) is 2.51. The number of thiazole rings is 1. The van der Waals surface area contributed by atoms with E-state index in [9.17, 15) is 0 Å². The largest absolute Gasteiger partial charge is 0.370 e. The number of aromatic nitrogens is 1. The number of aliphatic imine (C=N–C) groups is 1. The van der Waals surface area contributed by atoms with Gasteiger partial charge in [-0.3, -0.25) is 0 Å². The van der Waals surface area contributed by atoms with Crippen LogP contribution in [0, 0.1) is 0 Å². The first-order valence-electron chi connectivity index (χ1n) is 5.83. The van der Waals surface area contributed by atoms with Crippen molar-refractivity contribution in [3.63, 3.8) is 0 Å². The third-order valence-corrected chi connectivity index (χ3v) is 3.24. The molecule has 18 heavy (non-hydrogen) atoms. The Labute approximate surface area is 110 Å². The Kier molecular flexibility index (Phi) is 3.94. The number of benzene rings is 1. The van der Waals surface area contributed by atoms with Gasteiger partial charge in [0, 0.05) is 10.9 Å².